The summed E-state index contributed by atoms with van der Waals surface area (Å²) < 4.78 is 6.34. The molecule has 2 aromatic carbocycles. The fourth-order valence-electron chi connectivity index (χ4n) is 2.02. The number of carbonyl (C=O) groups excluding carboxylic acids is 2. The standard InChI is InChI=1S/C19H18BrNO3/c1-21(2)19(23)18(15-6-4-3-5-7-15)24-17(22)13-10-14-8-11-16(20)12-9-14/h3-13,18H,1-2H3/b13-10+/t18-/m0/s1. The second-order valence-electron chi connectivity index (χ2n) is 5.35. The van der Waals surface area contributed by atoms with E-state index in [1.54, 1.807) is 44.4 Å². The Morgan fingerprint density at radius 1 is 1.04 bits per heavy atom. The molecule has 0 aromatic heterocycles. The zero-order valence-corrected chi connectivity index (χ0v) is 15.1. The van der Waals surface area contributed by atoms with E-state index in [1.807, 2.05) is 30.3 Å². The summed E-state index contributed by atoms with van der Waals surface area (Å²) >= 11 is 3.36. The normalized spacial score (nSPS) is 12.0. The van der Waals surface area contributed by atoms with E-state index in [0.29, 0.717) is 5.56 Å². The van der Waals surface area contributed by atoms with Crippen molar-refractivity contribution < 1.29 is 14.3 Å². The van der Waals surface area contributed by atoms with Gasteiger partial charge in [0.15, 0.2) is 0 Å². The molecule has 0 saturated carbocycles. The van der Waals surface area contributed by atoms with Crippen molar-refractivity contribution in [3.05, 3.63) is 76.3 Å². The van der Waals surface area contributed by atoms with Crippen LogP contribution >= 0.6 is 15.9 Å². The van der Waals surface area contributed by atoms with Gasteiger partial charge in [-0.25, -0.2) is 4.79 Å². The van der Waals surface area contributed by atoms with Gasteiger partial charge >= 0.3 is 5.97 Å². The van der Waals surface area contributed by atoms with Crippen molar-refractivity contribution in [2.75, 3.05) is 14.1 Å². The number of esters is 1. The van der Waals surface area contributed by atoms with Crippen LogP contribution in [0, 0.1) is 0 Å². The molecular formula is C19H18BrNO3. The zero-order valence-electron chi connectivity index (χ0n) is 13.5. The van der Waals surface area contributed by atoms with Crippen molar-refractivity contribution in [2.45, 2.75) is 6.10 Å². The first-order valence-electron chi connectivity index (χ1n) is 7.38. The molecule has 4 nitrogen and oxygen atoms in total. The molecule has 0 heterocycles. The maximum atomic E-state index is 12.3. The lowest BCUT2D eigenvalue weighted by Crippen LogP contribution is -2.30. The van der Waals surface area contributed by atoms with Crippen LogP contribution in [-0.2, 0) is 14.3 Å². The molecule has 1 amide bonds. The minimum Gasteiger partial charge on any atom is -0.444 e. The Balaban J connectivity index is 2.12. The Kier molecular flexibility index (Phi) is 6.32. The van der Waals surface area contributed by atoms with Crippen LogP contribution in [0.5, 0.6) is 0 Å². The predicted octanol–water partition coefficient (Wildman–Crippen LogP) is 3.84. The van der Waals surface area contributed by atoms with Gasteiger partial charge < -0.3 is 9.64 Å². The molecule has 0 unspecified atom stereocenters. The number of hydrogen-bond acceptors (Lipinski definition) is 3. The summed E-state index contributed by atoms with van der Waals surface area (Å²) in [6.45, 7) is 0. The fraction of sp³-hybridized carbons (Fsp3) is 0.158. The van der Waals surface area contributed by atoms with Crippen molar-refractivity contribution in [1.82, 2.24) is 4.90 Å². The van der Waals surface area contributed by atoms with Crippen molar-refractivity contribution in [1.29, 1.82) is 0 Å². The van der Waals surface area contributed by atoms with Gasteiger partial charge in [-0.1, -0.05) is 58.4 Å². The van der Waals surface area contributed by atoms with E-state index in [-0.39, 0.29) is 5.91 Å². The smallest absolute Gasteiger partial charge is 0.331 e. The van der Waals surface area contributed by atoms with Crippen molar-refractivity contribution in [2.24, 2.45) is 0 Å². The van der Waals surface area contributed by atoms with Crippen LogP contribution in [-0.4, -0.2) is 30.9 Å². The van der Waals surface area contributed by atoms with E-state index in [0.717, 1.165) is 10.0 Å². The van der Waals surface area contributed by atoms with Crippen molar-refractivity contribution >= 4 is 33.9 Å². The average Bonchev–Trinajstić information content (AvgIpc) is 2.59. The van der Waals surface area contributed by atoms with Crippen LogP contribution in [0.3, 0.4) is 0 Å². The van der Waals surface area contributed by atoms with Crippen LogP contribution in [0.2, 0.25) is 0 Å². The Morgan fingerprint density at radius 3 is 2.25 bits per heavy atom. The predicted molar refractivity (Wildman–Crippen MR) is 97.1 cm³/mol. The summed E-state index contributed by atoms with van der Waals surface area (Å²) in [7, 11) is 3.26. The number of ether oxygens (including phenoxy) is 1. The van der Waals surface area contributed by atoms with E-state index >= 15 is 0 Å². The lowest BCUT2D eigenvalue weighted by Gasteiger charge is -2.20. The van der Waals surface area contributed by atoms with Gasteiger partial charge in [0.05, 0.1) is 0 Å². The Labute approximate surface area is 149 Å². The molecule has 0 bridgehead atoms. The largest absolute Gasteiger partial charge is 0.444 e. The fourth-order valence-corrected chi connectivity index (χ4v) is 2.28. The average molecular weight is 388 g/mol. The van der Waals surface area contributed by atoms with Gasteiger partial charge in [0.25, 0.3) is 5.91 Å². The van der Waals surface area contributed by atoms with Gasteiger partial charge in [0.2, 0.25) is 6.10 Å². The molecule has 5 heteroatoms. The van der Waals surface area contributed by atoms with Gasteiger partial charge in [0, 0.05) is 30.2 Å². The van der Waals surface area contributed by atoms with Gasteiger partial charge in [-0.05, 0) is 23.8 Å². The van der Waals surface area contributed by atoms with Crippen LogP contribution in [0.25, 0.3) is 6.08 Å². The van der Waals surface area contributed by atoms with Gasteiger partial charge in [-0.2, -0.15) is 0 Å². The Hall–Kier alpha value is -2.40. The molecule has 0 N–H and O–H groups in total. The summed E-state index contributed by atoms with van der Waals surface area (Å²) in [4.78, 5) is 25.8. The van der Waals surface area contributed by atoms with E-state index in [1.165, 1.54) is 11.0 Å². The molecule has 0 saturated heterocycles. The minimum atomic E-state index is -0.955. The molecular weight excluding hydrogens is 370 g/mol. The molecule has 0 spiro atoms. The van der Waals surface area contributed by atoms with Gasteiger partial charge in [0.1, 0.15) is 0 Å². The third-order valence-electron chi connectivity index (χ3n) is 3.28. The number of hydrogen-bond donors (Lipinski definition) is 0. The summed E-state index contributed by atoms with van der Waals surface area (Å²) in [5.41, 5.74) is 1.51. The summed E-state index contributed by atoms with van der Waals surface area (Å²) in [6.07, 6.45) is 2.02. The maximum Gasteiger partial charge on any atom is 0.331 e. The molecule has 0 aliphatic rings. The zero-order chi connectivity index (χ0) is 17.5. The van der Waals surface area contributed by atoms with Crippen molar-refractivity contribution in [3.63, 3.8) is 0 Å². The maximum absolute atomic E-state index is 12.3. The van der Waals surface area contributed by atoms with Crippen molar-refractivity contribution in [3.8, 4) is 0 Å². The molecule has 1 atom stereocenters. The summed E-state index contributed by atoms with van der Waals surface area (Å²) in [5.74, 6) is -0.853. The second kappa shape index (κ2) is 8.45. The topological polar surface area (TPSA) is 46.6 Å². The molecule has 124 valence electrons. The number of nitrogens with zero attached hydrogens (tertiary/aromatic N) is 1. The van der Waals surface area contributed by atoms with Gasteiger partial charge in [-0.3, -0.25) is 4.79 Å². The highest BCUT2D eigenvalue weighted by atomic mass is 79.9. The molecule has 0 aliphatic carbocycles. The van der Waals surface area contributed by atoms with Crippen LogP contribution in [0.4, 0.5) is 0 Å². The SMILES string of the molecule is CN(C)C(=O)[C@@H](OC(=O)/C=C/c1ccc(Br)cc1)c1ccccc1. The lowest BCUT2D eigenvalue weighted by molar-refractivity contribution is -0.155. The number of amides is 1. The highest BCUT2D eigenvalue weighted by Gasteiger charge is 2.25. The second-order valence-corrected chi connectivity index (χ2v) is 6.26. The highest BCUT2D eigenvalue weighted by Crippen LogP contribution is 2.20. The van der Waals surface area contributed by atoms with E-state index in [9.17, 15) is 9.59 Å². The summed E-state index contributed by atoms with van der Waals surface area (Å²) in [6, 6.07) is 16.5. The first-order chi connectivity index (χ1) is 11.5. The molecule has 0 fully saturated rings. The van der Waals surface area contributed by atoms with Gasteiger partial charge in [-0.15, -0.1) is 0 Å². The molecule has 24 heavy (non-hydrogen) atoms. The van der Waals surface area contributed by atoms with E-state index in [4.69, 9.17) is 4.74 Å². The van der Waals surface area contributed by atoms with Crippen LogP contribution < -0.4 is 0 Å². The third-order valence-corrected chi connectivity index (χ3v) is 3.81. The number of likely N-dealkylation sites (N-methyl/N-ethyl adjacent to an activating group) is 1. The van der Waals surface area contributed by atoms with Crippen LogP contribution in [0.1, 0.15) is 17.2 Å². The summed E-state index contributed by atoms with van der Waals surface area (Å²) in [5, 5.41) is 0. The van der Waals surface area contributed by atoms with Crippen LogP contribution in [0.15, 0.2) is 65.1 Å². The van der Waals surface area contributed by atoms with E-state index in [2.05, 4.69) is 15.9 Å². The first kappa shape index (κ1) is 17.9. The minimum absolute atomic E-state index is 0.286. The Bertz CT molecular complexity index is 724. The molecule has 2 rings (SSSR count). The molecule has 2 aromatic rings. The number of rotatable bonds is 5. The number of halogens is 1. The number of carbonyl (C=O) groups is 2. The quantitative estimate of drug-likeness (QED) is 0.578. The number of benzene rings is 2. The first-order valence-corrected chi connectivity index (χ1v) is 8.17. The Morgan fingerprint density at radius 2 is 1.67 bits per heavy atom. The molecule has 0 radical (unpaired) electrons. The highest BCUT2D eigenvalue weighted by molar-refractivity contribution is 9.10. The third kappa shape index (κ3) is 5.06. The lowest BCUT2D eigenvalue weighted by atomic mass is 10.1. The monoisotopic (exact) mass is 387 g/mol. The molecule has 0 aliphatic heterocycles. The van der Waals surface area contributed by atoms with E-state index < -0.39 is 12.1 Å².